The third-order valence-electron chi connectivity index (χ3n) is 6.22. The third-order valence-corrected chi connectivity index (χ3v) is 6.22. The SMILES string of the molecule is CC(C)=CCN1CCC(C2CCN(Cc3ccccc3C#N)CC2)CC1. The van der Waals surface area contributed by atoms with Crippen LogP contribution in [-0.2, 0) is 6.54 Å². The molecule has 0 bridgehead atoms. The highest BCUT2D eigenvalue weighted by Gasteiger charge is 2.29. The second-order valence-electron chi connectivity index (χ2n) is 8.30. The van der Waals surface area contributed by atoms with E-state index in [9.17, 15) is 5.26 Å². The van der Waals surface area contributed by atoms with Crippen LogP contribution in [0.4, 0.5) is 0 Å². The molecule has 0 spiro atoms. The van der Waals surface area contributed by atoms with Crippen molar-refractivity contribution >= 4 is 0 Å². The van der Waals surface area contributed by atoms with Gasteiger partial charge in [-0.05, 0) is 89.2 Å². The van der Waals surface area contributed by atoms with Gasteiger partial charge in [0.05, 0.1) is 11.6 Å². The molecule has 2 heterocycles. The molecular weight excluding hydrogens is 318 g/mol. The van der Waals surface area contributed by atoms with E-state index >= 15 is 0 Å². The number of hydrogen-bond donors (Lipinski definition) is 0. The topological polar surface area (TPSA) is 30.3 Å². The van der Waals surface area contributed by atoms with Crippen LogP contribution in [0, 0.1) is 23.2 Å². The molecule has 2 aliphatic heterocycles. The maximum Gasteiger partial charge on any atom is 0.0995 e. The molecule has 3 nitrogen and oxygen atoms in total. The van der Waals surface area contributed by atoms with Gasteiger partial charge in [0, 0.05) is 13.1 Å². The number of nitriles is 1. The van der Waals surface area contributed by atoms with Gasteiger partial charge in [0.1, 0.15) is 0 Å². The summed E-state index contributed by atoms with van der Waals surface area (Å²) in [5.74, 6) is 1.83. The number of hydrogen-bond acceptors (Lipinski definition) is 3. The van der Waals surface area contributed by atoms with Gasteiger partial charge in [0.2, 0.25) is 0 Å². The molecular formula is C23H33N3. The molecule has 0 atom stereocenters. The minimum atomic E-state index is 0.832. The summed E-state index contributed by atoms with van der Waals surface area (Å²) in [5, 5.41) is 9.27. The average molecular weight is 352 g/mol. The molecule has 26 heavy (non-hydrogen) atoms. The fourth-order valence-electron chi connectivity index (χ4n) is 4.51. The van der Waals surface area contributed by atoms with E-state index in [1.807, 2.05) is 18.2 Å². The van der Waals surface area contributed by atoms with Crippen LogP contribution >= 0.6 is 0 Å². The lowest BCUT2D eigenvalue weighted by molar-refractivity contribution is 0.0976. The van der Waals surface area contributed by atoms with E-state index in [0.29, 0.717) is 0 Å². The summed E-state index contributed by atoms with van der Waals surface area (Å²) < 4.78 is 0. The van der Waals surface area contributed by atoms with Gasteiger partial charge in [-0.15, -0.1) is 0 Å². The maximum absolute atomic E-state index is 9.27. The van der Waals surface area contributed by atoms with Gasteiger partial charge in [-0.2, -0.15) is 5.26 Å². The molecule has 0 N–H and O–H groups in total. The predicted octanol–water partition coefficient (Wildman–Crippen LogP) is 4.45. The Labute approximate surface area is 159 Å². The quantitative estimate of drug-likeness (QED) is 0.734. The van der Waals surface area contributed by atoms with E-state index in [1.165, 1.54) is 63.0 Å². The Hall–Kier alpha value is -1.63. The van der Waals surface area contributed by atoms with Crippen LogP contribution in [0.2, 0.25) is 0 Å². The monoisotopic (exact) mass is 351 g/mol. The zero-order valence-electron chi connectivity index (χ0n) is 16.5. The Morgan fingerprint density at radius 3 is 2.15 bits per heavy atom. The summed E-state index contributed by atoms with van der Waals surface area (Å²) >= 11 is 0. The molecule has 140 valence electrons. The molecule has 2 aliphatic rings. The van der Waals surface area contributed by atoms with Gasteiger partial charge < -0.3 is 0 Å². The van der Waals surface area contributed by atoms with E-state index in [4.69, 9.17) is 0 Å². The second-order valence-corrected chi connectivity index (χ2v) is 8.30. The summed E-state index contributed by atoms with van der Waals surface area (Å²) in [4.78, 5) is 5.15. The van der Waals surface area contributed by atoms with E-state index in [2.05, 4.69) is 41.9 Å². The Bertz CT molecular complexity index is 638. The molecule has 2 fully saturated rings. The minimum absolute atomic E-state index is 0.832. The fourth-order valence-corrected chi connectivity index (χ4v) is 4.51. The first kappa shape index (κ1) is 19.1. The lowest BCUT2D eigenvalue weighted by atomic mass is 9.78. The van der Waals surface area contributed by atoms with E-state index in [1.54, 1.807) is 0 Å². The van der Waals surface area contributed by atoms with Crippen molar-refractivity contribution in [3.05, 3.63) is 47.0 Å². The van der Waals surface area contributed by atoms with Crippen LogP contribution in [0.15, 0.2) is 35.9 Å². The van der Waals surface area contributed by atoms with Crippen molar-refractivity contribution in [2.45, 2.75) is 46.1 Å². The summed E-state index contributed by atoms with van der Waals surface area (Å²) in [7, 11) is 0. The third kappa shape index (κ3) is 5.19. The number of piperidine rings is 2. The predicted molar refractivity (Wildman–Crippen MR) is 108 cm³/mol. The van der Waals surface area contributed by atoms with Crippen LogP contribution in [0.1, 0.15) is 50.7 Å². The second kappa shape index (κ2) is 9.35. The molecule has 1 aromatic carbocycles. The van der Waals surface area contributed by atoms with Gasteiger partial charge >= 0.3 is 0 Å². The van der Waals surface area contributed by atoms with Gasteiger partial charge in [-0.3, -0.25) is 9.80 Å². The number of allylic oxidation sites excluding steroid dienone is 1. The Balaban J connectivity index is 1.43. The zero-order valence-corrected chi connectivity index (χ0v) is 16.5. The van der Waals surface area contributed by atoms with E-state index in [0.717, 1.165) is 30.5 Å². The average Bonchev–Trinajstić information content (AvgIpc) is 2.68. The van der Waals surface area contributed by atoms with Crippen molar-refractivity contribution in [3.63, 3.8) is 0 Å². The molecule has 1 aromatic rings. The molecule has 0 aliphatic carbocycles. The lowest BCUT2D eigenvalue weighted by Gasteiger charge is -2.40. The van der Waals surface area contributed by atoms with Crippen LogP contribution in [-0.4, -0.2) is 42.5 Å². The molecule has 2 saturated heterocycles. The Morgan fingerprint density at radius 1 is 1.00 bits per heavy atom. The number of benzene rings is 1. The van der Waals surface area contributed by atoms with Crippen LogP contribution in [0.5, 0.6) is 0 Å². The van der Waals surface area contributed by atoms with Crippen molar-refractivity contribution < 1.29 is 0 Å². The number of rotatable bonds is 5. The van der Waals surface area contributed by atoms with Crippen molar-refractivity contribution in [2.75, 3.05) is 32.7 Å². The summed E-state index contributed by atoms with van der Waals surface area (Å²) in [6.07, 6.45) is 7.76. The Morgan fingerprint density at radius 2 is 1.58 bits per heavy atom. The van der Waals surface area contributed by atoms with Crippen molar-refractivity contribution in [3.8, 4) is 6.07 Å². The maximum atomic E-state index is 9.27. The zero-order chi connectivity index (χ0) is 18.4. The van der Waals surface area contributed by atoms with Gasteiger partial charge in [-0.1, -0.05) is 29.8 Å². The fraction of sp³-hybridized carbons (Fsp3) is 0.609. The first-order chi connectivity index (χ1) is 12.7. The molecule has 3 heteroatoms. The largest absolute Gasteiger partial charge is 0.300 e. The highest BCUT2D eigenvalue weighted by Crippen LogP contribution is 2.33. The molecule has 0 aromatic heterocycles. The summed E-state index contributed by atoms with van der Waals surface area (Å²) in [6.45, 7) is 11.3. The van der Waals surface area contributed by atoms with Crippen molar-refractivity contribution in [2.24, 2.45) is 11.8 Å². The summed E-state index contributed by atoms with van der Waals surface area (Å²) in [5.41, 5.74) is 3.44. The van der Waals surface area contributed by atoms with Crippen LogP contribution in [0.25, 0.3) is 0 Å². The van der Waals surface area contributed by atoms with Crippen LogP contribution in [0.3, 0.4) is 0 Å². The standard InChI is InChI=1S/C23H33N3/c1-19(2)7-12-25-13-8-20(9-14-25)21-10-15-26(16-11-21)18-23-6-4-3-5-22(23)17-24/h3-7,20-21H,8-16,18H2,1-2H3. The number of nitrogens with zero attached hydrogens (tertiary/aromatic N) is 3. The Kier molecular flexibility index (Phi) is 6.88. The van der Waals surface area contributed by atoms with Gasteiger partial charge in [-0.25, -0.2) is 0 Å². The normalized spacial score (nSPS) is 20.7. The first-order valence-corrected chi connectivity index (χ1v) is 10.2. The summed E-state index contributed by atoms with van der Waals surface area (Å²) in [6, 6.07) is 10.4. The van der Waals surface area contributed by atoms with E-state index in [-0.39, 0.29) is 0 Å². The smallest absolute Gasteiger partial charge is 0.0995 e. The molecule has 0 radical (unpaired) electrons. The van der Waals surface area contributed by atoms with Crippen molar-refractivity contribution in [1.29, 1.82) is 5.26 Å². The van der Waals surface area contributed by atoms with Crippen molar-refractivity contribution in [1.82, 2.24) is 9.80 Å². The van der Waals surface area contributed by atoms with Crippen LogP contribution < -0.4 is 0 Å². The van der Waals surface area contributed by atoms with Gasteiger partial charge in [0.15, 0.2) is 0 Å². The van der Waals surface area contributed by atoms with Gasteiger partial charge in [0.25, 0.3) is 0 Å². The number of likely N-dealkylation sites (tertiary alicyclic amines) is 2. The molecule has 0 amide bonds. The van der Waals surface area contributed by atoms with E-state index < -0.39 is 0 Å². The minimum Gasteiger partial charge on any atom is -0.300 e. The first-order valence-electron chi connectivity index (χ1n) is 10.2. The molecule has 3 rings (SSSR count). The molecule has 0 unspecified atom stereocenters. The highest BCUT2D eigenvalue weighted by molar-refractivity contribution is 5.37. The molecule has 0 saturated carbocycles. The highest BCUT2D eigenvalue weighted by atomic mass is 15.1. The lowest BCUT2D eigenvalue weighted by Crippen LogP contribution is -2.40.